The Morgan fingerprint density at radius 1 is 1.20 bits per heavy atom. The lowest BCUT2D eigenvalue weighted by atomic mass is 10.0. The van der Waals surface area contributed by atoms with E-state index in [4.69, 9.17) is 15.9 Å². The Kier molecular flexibility index (Phi) is 2.87. The molecule has 1 heterocycles. The van der Waals surface area contributed by atoms with Crippen LogP contribution in [0, 0.1) is 5.41 Å². The summed E-state index contributed by atoms with van der Waals surface area (Å²) in [6.45, 7) is 0. The number of nitrogen functional groups attached to an aromatic ring is 1. The van der Waals surface area contributed by atoms with Crippen LogP contribution in [0.1, 0.15) is 5.56 Å². The van der Waals surface area contributed by atoms with E-state index in [0.717, 1.165) is 16.5 Å². The Morgan fingerprint density at radius 3 is 2.60 bits per heavy atom. The van der Waals surface area contributed by atoms with E-state index < -0.39 is 0 Å². The van der Waals surface area contributed by atoms with Crippen LogP contribution < -0.4 is 10.5 Å². The molecule has 0 aliphatic rings. The number of aryl methyl sites for hydroxylation is 1. The second-order valence-corrected chi connectivity index (χ2v) is 4.52. The van der Waals surface area contributed by atoms with Crippen LogP contribution >= 0.6 is 0 Å². The van der Waals surface area contributed by atoms with Gasteiger partial charge in [-0.3, -0.25) is 10.1 Å². The first-order valence-corrected chi connectivity index (χ1v) is 6.18. The van der Waals surface area contributed by atoms with Crippen molar-refractivity contribution >= 4 is 16.6 Å². The number of nitrogens with zero attached hydrogens (tertiary/aromatic N) is 2. The Morgan fingerprint density at radius 2 is 1.95 bits per heavy atom. The number of hydrogen-bond acceptors (Lipinski definition) is 3. The fraction of sp³-hybridized carbons (Fsp3) is 0.0667. The van der Waals surface area contributed by atoms with Crippen molar-refractivity contribution in [2.24, 2.45) is 12.8 Å². The molecule has 0 fully saturated rings. The van der Waals surface area contributed by atoms with Gasteiger partial charge in [0.15, 0.2) is 5.75 Å². The van der Waals surface area contributed by atoms with Crippen molar-refractivity contribution in [3.63, 3.8) is 0 Å². The molecule has 100 valence electrons. The highest BCUT2D eigenvalue weighted by atomic mass is 16.5. The molecule has 3 aromatic rings. The highest BCUT2D eigenvalue weighted by Crippen LogP contribution is 2.31. The molecule has 0 aliphatic carbocycles. The topological polar surface area (TPSA) is 76.9 Å². The van der Waals surface area contributed by atoms with Gasteiger partial charge in [-0.1, -0.05) is 24.3 Å². The summed E-state index contributed by atoms with van der Waals surface area (Å²) >= 11 is 0. The van der Waals surface area contributed by atoms with Gasteiger partial charge < -0.3 is 10.5 Å². The van der Waals surface area contributed by atoms with Crippen LogP contribution in [0.25, 0.3) is 10.8 Å². The second-order valence-electron chi connectivity index (χ2n) is 4.52. The number of amidine groups is 1. The summed E-state index contributed by atoms with van der Waals surface area (Å²) in [6, 6.07) is 11.4. The standard InChI is InChI=1S/C15H14N4O/c1-19-9-10(8-18-19)20-14-7-6-13(15(16)17)11-4-2-3-5-12(11)14/h2-9H,1H3,(H3,16,17). The number of nitrogens with two attached hydrogens (primary N) is 1. The van der Waals surface area contributed by atoms with Crippen LogP contribution in [0.2, 0.25) is 0 Å². The van der Waals surface area contributed by atoms with Crippen molar-refractivity contribution in [3.8, 4) is 11.5 Å². The van der Waals surface area contributed by atoms with Crippen molar-refractivity contribution in [1.29, 1.82) is 5.41 Å². The zero-order valence-corrected chi connectivity index (χ0v) is 11.0. The monoisotopic (exact) mass is 266 g/mol. The summed E-state index contributed by atoms with van der Waals surface area (Å²) in [4.78, 5) is 0. The minimum Gasteiger partial charge on any atom is -0.453 e. The van der Waals surface area contributed by atoms with E-state index in [-0.39, 0.29) is 5.84 Å². The minimum atomic E-state index is 0.0501. The quantitative estimate of drug-likeness (QED) is 0.565. The molecular formula is C15H14N4O. The average molecular weight is 266 g/mol. The number of benzene rings is 2. The third kappa shape index (κ3) is 2.09. The first-order chi connectivity index (χ1) is 9.65. The number of ether oxygens (including phenoxy) is 1. The van der Waals surface area contributed by atoms with Crippen LogP contribution in [0.15, 0.2) is 48.8 Å². The lowest BCUT2D eigenvalue weighted by Crippen LogP contribution is -2.11. The fourth-order valence-electron chi connectivity index (χ4n) is 2.17. The van der Waals surface area contributed by atoms with Gasteiger partial charge in [-0.25, -0.2) is 0 Å². The summed E-state index contributed by atoms with van der Waals surface area (Å²) in [5, 5.41) is 13.5. The van der Waals surface area contributed by atoms with Gasteiger partial charge in [0.2, 0.25) is 0 Å². The number of fused-ring (bicyclic) bond motifs is 1. The van der Waals surface area contributed by atoms with E-state index in [2.05, 4.69) is 5.10 Å². The Hall–Kier alpha value is -2.82. The third-order valence-electron chi connectivity index (χ3n) is 3.08. The summed E-state index contributed by atoms with van der Waals surface area (Å²) < 4.78 is 7.53. The average Bonchev–Trinajstić information content (AvgIpc) is 2.84. The molecule has 20 heavy (non-hydrogen) atoms. The van der Waals surface area contributed by atoms with Crippen molar-refractivity contribution in [2.75, 3.05) is 0 Å². The van der Waals surface area contributed by atoms with Crippen LogP contribution in [-0.2, 0) is 7.05 Å². The molecule has 0 atom stereocenters. The summed E-state index contributed by atoms with van der Waals surface area (Å²) in [7, 11) is 1.84. The maximum absolute atomic E-state index is 7.64. The smallest absolute Gasteiger partial charge is 0.165 e. The zero-order chi connectivity index (χ0) is 14.1. The van der Waals surface area contributed by atoms with Gasteiger partial charge in [-0.2, -0.15) is 5.10 Å². The van der Waals surface area contributed by atoms with Crippen molar-refractivity contribution in [3.05, 3.63) is 54.4 Å². The maximum atomic E-state index is 7.64. The predicted octanol–water partition coefficient (Wildman–Crippen LogP) is 2.65. The van der Waals surface area contributed by atoms with Gasteiger partial charge in [-0.05, 0) is 17.5 Å². The first-order valence-electron chi connectivity index (χ1n) is 6.18. The van der Waals surface area contributed by atoms with Gasteiger partial charge >= 0.3 is 0 Å². The summed E-state index contributed by atoms with van der Waals surface area (Å²) in [6.07, 6.45) is 3.46. The van der Waals surface area contributed by atoms with E-state index in [0.29, 0.717) is 11.3 Å². The van der Waals surface area contributed by atoms with Gasteiger partial charge in [-0.15, -0.1) is 0 Å². The molecule has 5 nitrogen and oxygen atoms in total. The summed E-state index contributed by atoms with van der Waals surface area (Å²) in [5.74, 6) is 1.45. The number of nitrogens with one attached hydrogen (secondary N) is 1. The highest BCUT2D eigenvalue weighted by Gasteiger charge is 2.09. The lowest BCUT2D eigenvalue weighted by Gasteiger charge is -2.10. The Labute approximate surface area is 116 Å². The van der Waals surface area contributed by atoms with Gasteiger partial charge in [0.1, 0.15) is 11.6 Å². The Balaban J connectivity index is 2.12. The SMILES string of the molecule is Cn1cc(Oc2ccc(C(=N)N)c3ccccc23)cn1. The molecule has 0 radical (unpaired) electrons. The largest absolute Gasteiger partial charge is 0.453 e. The molecule has 3 N–H and O–H groups in total. The third-order valence-corrected chi connectivity index (χ3v) is 3.08. The van der Waals surface area contributed by atoms with Crippen molar-refractivity contribution in [2.45, 2.75) is 0 Å². The molecule has 0 spiro atoms. The van der Waals surface area contributed by atoms with Crippen LogP contribution in [0.5, 0.6) is 11.5 Å². The molecule has 0 bridgehead atoms. The Bertz CT molecular complexity index is 791. The molecule has 0 saturated heterocycles. The second kappa shape index (κ2) is 4.70. The van der Waals surface area contributed by atoms with Gasteiger partial charge in [0, 0.05) is 18.0 Å². The van der Waals surface area contributed by atoms with E-state index >= 15 is 0 Å². The maximum Gasteiger partial charge on any atom is 0.165 e. The molecule has 0 saturated carbocycles. The van der Waals surface area contributed by atoms with E-state index in [1.807, 2.05) is 37.4 Å². The number of aromatic nitrogens is 2. The zero-order valence-electron chi connectivity index (χ0n) is 11.0. The molecule has 2 aromatic carbocycles. The predicted molar refractivity (Wildman–Crippen MR) is 78.2 cm³/mol. The number of hydrogen-bond donors (Lipinski definition) is 2. The highest BCUT2D eigenvalue weighted by molar-refractivity contribution is 6.09. The van der Waals surface area contributed by atoms with Crippen LogP contribution in [0.3, 0.4) is 0 Å². The molecule has 0 unspecified atom stereocenters. The van der Waals surface area contributed by atoms with Crippen LogP contribution in [-0.4, -0.2) is 15.6 Å². The van der Waals surface area contributed by atoms with Crippen molar-refractivity contribution in [1.82, 2.24) is 9.78 Å². The molecular weight excluding hydrogens is 252 g/mol. The fourth-order valence-corrected chi connectivity index (χ4v) is 2.17. The van der Waals surface area contributed by atoms with Gasteiger partial charge in [0.05, 0.1) is 12.4 Å². The molecule has 3 rings (SSSR count). The summed E-state index contributed by atoms with van der Waals surface area (Å²) in [5.41, 5.74) is 6.32. The van der Waals surface area contributed by atoms with Gasteiger partial charge in [0.25, 0.3) is 0 Å². The minimum absolute atomic E-state index is 0.0501. The lowest BCUT2D eigenvalue weighted by molar-refractivity contribution is 0.487. The van der Waals surface area contributed by atoms with E-state index in [1.54, 1.807) is 23.1 Å². The van der Waals surface area contributed by atoms with E-state index in [1.165, 1.54) is 0 Å². The van der Waals surface area contributed by atoms with E-state index in [9.17, 15) is 0 Å². The molecule has 0 aliphatic heterocycles. The normalized spacial score (nSPS) is 10.7. The molecule has 0 amide bonds. The van der Waals surface area contributed by atoms with Crippen LogP contribution in [0.4, 0.5) is 0 Å². The van der Waals surface area contributed by atoms with Crippen molar-refractivity contribution < 1.29 is 4.74 Å². The number of rotatable bonds is 3. The first kappa shape index (κ1) is 12.2. The molecule has 5 heteroatoms. The molecule has 1 aromatic heterocycles.